The van der Waals surface area contributed by atoms with Crippen molar-refractivity contribution >= 4 is 33.8 Å². The van der Waals surface area contributed by atoms with Crippen LogP contribution in [0.5, 0.6) is 0 Å². The molecule has 1 fully saturated rings. The van der Waals surface area contributed by atoms with Crippen molar-refractivity contribution in [1.82, 2.24) is 4.90 Å². The Kier molecular flexibility index (Phi) is 2.83. The van der Waals surface area contributed by atoms with Crippen molar-refractivity contribution in [2.45, 2.75) is 12.2 Å². The van der Waals surface area contributed by atoms with Crippen LogP contribution in [0.25, 0.3) is 0 Å². The number of carbonyl (C=O) groups excluding carboxylic acids is 1. The lowest BCUT2D eigenvalue weighted by Crippen LogP contribution is -2.51. The number of carbonyl (C=O) groups is 1. The first-order valence-electron chi connectivity index (χ1n) is 4.35. The summed E-state index contributed by atoms with van der Waals surface area (Å²) in [4.78, 5) is 17.1. The third kappa shape index (κ3) is 2.20. The molecule has 13 heavy (non-hydrogen) atoms. The minimum Gasteiger partial charge on any atom is -0.341 e. The van der Waals surface area contributed by atoms with Crippen LogP contribution < -0.4 is 0 Å². The summed E-state index contributed by atoms with van der Waals surface area (Å²) in [5.41, 5.74) is 0. The van der Waals surface area contributed by atoms with E-state index in [1.165, 1.54) is 4.38 Å². The van der Waals surface area contributed by atoms with E-state index in [2.05, 4.69) is 4.99 Å². The van der Waals surface area contributed by atoms with Gasteiger partial charge in [0.2, 0.25) is 5.91 Å². The molecule has 0 spiro atoms. The number of aliphatic imine (C=N–C) groups is 1. The first-order valence-corrected chi connectivity index (χ1v) is 6.21. The number of nitrogens with zero attached hydrogens (tertiary/aromatic N) is 2. The number of hydrogen-bond acceptors (Lipinski definition) is 4. The monoisotopic (exact) mass is 216 g/mol. The van der Waals surface area contributed by atoms with Crippen LogP contribution in [0.1, 0.15) is 6.92 Å². The fourth-order valence-electron chi connectivity index (χ4n) is 1.30. The average molecular weight is 216 g/mol. The van der Waals surface area contributed by atoms with Gasteiger partial charge in [-0.25, -0.2) is 0 Å². The molecule has 2 heterocycles. The van der Waals surface area contributed by atoms with Gasteiger partial charge in [-0.2, -0.15) is 0 Å². The summed E-state index contributed by atoms with van der Waals surface area (Å²) in [6, 6.07) is 0. The van der Waals surface area contributed by atoms with Crippen molar-refractivity contribution in [3.05, 3.63) is 0 Å². The van der Waals surface area contributed by atoms with E-state index in [4.69, 9.17) is 0 Å². The highest BCUT2D eigenvalue weighted by Gasteiger charge is 2.30. The van der Waals surface area contributed by atoms with E-state index in [0.29, 0.717) is 5.25 Å². The van der Waals surface area contributed by atoms with E-state index >= 15 is 0 Å². The highest BCUT2D eigenvalue weighted by molar-refractivity contribution is 8.39. The number of amides is 1. The van der Waals surface area contributed by atoms with Gasteiger partial charge in [-0.1, -0.05) is 23.5 Å². The van der Waals surface area contributed by atoms with E-state index in [9.17, 15) is 4.79 Å². The number of rotatable bonds is 1. The first kappa shape index (κ1) is 9.40. The topological polar surface area (TPSA) is 32.7 Å². The highest BCUT2D eigenvalue weighted by Crippen LogP contribution is 2.30. The Morgan fingerprint density at radius 1 is 1.69 bits per heavy atom. The summed E-state index contributed by atoms with van der Waals surface area (Å²) in [5, 5.41) is 0.591. The maximum absolute atomic E-state index is 10.9. The molecule has 2 rings (SSSR count). The molecule has 0 saturated carbocycles. The molecule has 0 aromatic rings. The highest BCUT2D eigenvalue weighted by atomic mass is 32.2. The molecule has 5 heteroatoms. The molecule has 0 N–H and O–H groups in total. The summed E-state index contributed by atoms with van der Waals surface area (Å²) in [7, 11) is 0. The summed E-state index contributed by atoms with van der Waals surface area (Å²) in [5.74, 6) is 1.32. The smallest absolute Gasteiger partial charge is 0.219 e. The Balaban J connectivity index is 1.72. The molecule has 0 bridgehead atoms. The van der Waals surface area contributed by atoms with Crippen molar-refractivity contribution in [2.75, 3.05) is 25.4 Å². The van der Waals surface area contributed by atoms with Crippen molar-refractivity contribution < 1.29 is 4.79 Å². The van der Waals surface area contributed by atoms with E-state index in [1.807, 2.05) is 28.4 Å². The van der Waals surface area contributed by atoms with Gasteiger partial charge in [0.1, 0.15) is 4.38 Å². The van der Waals surface area contributed by atoms with Gasteiger partial charge in [-0.3, -0.25) is 9.79 Å². The lowest BCUT2D eigenvalue weighted by atomic mass is 10.2. The quantitative estimate of drug-likeness (QED) is 0.657. The maximum atomic E-state index is 10.9. The Hall–Kier alpha value is -0.160. The minimum atomic E-state index is 0.192. The molecule has 72 valence electrons. The molecule has 0 radical (unpaired) electrons. The minimum absolute atomic E-state index is 0.192. The van der Waals surface area contributed by atoms with Crippen LogP contribution in [-0.4, -0.2) is 45.8 Å². The van der Waals surface area contributed by atoms with Gasteiger partial charge in [0, 0.05) is 31.0 Å². The van der Waals surface area contributed by atoms with Crippen LogP contribution in [-0.2, 0) is 4.79 Å². The Bertz CT molecular complexity index is 249. The second-order valence-corrected chi connectivity index (χ2v) is 5.79. The number of hydrogen-bond donors (Lipinski definition) is 0. The molecule has 0 aromatic carbocycles. The molecule has 0 aliphatic carbocycles. The second-order valence-electron chi connectivity index (χ2n) is 3.16. The average Bonchev–Trinajstić information content (AvgIpc) is 2.46. The molecule has 0 unspecified atom stereocenters. The SMILES string of the molecule is CC(=O)N1CC(SC2=NCCS2)C1. The molecule has 3 nitrogen and oxygen atoms in total. The van der Waals surface area contributed by atoms with Crippen molar-refractivity contribution in [3.8, 4) is 0 Å². The van der Waals surface area contributed by atoms with E-state index in [1.54, 1.807) is 6.92 Å². The lowest BCUT2D eigenvalue weighted by Gasteiger charge is -2.37. The van der Waals surface area contributed by atoms with Crippen LogP contribution in [0.15, 0.2) is 4.99 Å². The number of thioether (sulfide) groups is 2. The van der Waals surface area contributed by atoms with E-state index in [0.717, 1.165) is 25.4 Å². The zero-order valence-electron chi connectivity index (χ0n) is 7.52. The van der Waals surface area contributed by atoms with Crippen LogP contribution >= 0.6 is 23.5 Å². The van der Waals surface area contributed by atoms with Gasteiger partial charge in [-0.15, -0.1) is 0 Å². The third-order valence-electron chi connectivity index (χ3n) is 2.12. The Morgan fingerprint density at radius 2 is 2.46 bits per heavy atom. The van der Waals surface area contributed by atoms with Gasteiger partial charge in [0.25, 0.3) is 0 Å². The molecule has 1 saturated heterocycles. The summed E-state index contributed by atoms with van der Waals surface area (Å²) in [6.45, 7) is 4.40. The van der Waals surface area contributed by atoms with Gasteiger partial charge in [-0.05, 0) is 0 Å². The number of likely N-dealkylation sites (tertiary alicyclic amines) is 1. The molecule has 0 aromatic heterocycles. The predicted octanol–water partition coefficient (Wildman–Crippen LogP) is 1.05. The lowest BCUT2D eigenvalue weighted by molar-refractivity contribution is -0.131. The van der Waals surface area contributed by atoms with Crippen molar-refractivity contribution in [1.29, 1.82) is 0 Å². The van der Waals surface area contributed by atoms with E-state index in [-0.39, 0.29) is 5.91 Å². The van der Waals surface area contributed by atoms with E-state index < -0.39 is 0 Å². The maximum Gasteiger partial charge on any atom is 0.219 e. The molecular formula is C8H12N2OS2. The van der Waals surface area contributed by atoms with Crippen LogP contribution in [0.4, 0.5) is 0 Å². The fourth-order valence-corrected chi connectivity index (χ4v) is 3.73. The second kappa shape index (κ2) is 3.92. The summed E-state index contributed by atoms with van der Waals surface area (Å²) in [6.07, 6.45) is 0. The van der Waals surface area contributed by atoms with Crippen LogP contribution in [0, 0.1) is 0 Å². The van der Waals surface area contributed by atoms with Crippen LogP contribution in [0.3, 0.4) is 0 Å². The normalized spacial score (nSPS) is 22.8. The third-order valence-corrected chi connectivity index (χ3v) is 4.49. The zero-order valence-corrected chi connectivity index (χ0v) is 9.16. The zero-order chi connectivity index (χ0) is 9.26. The largest absolute Gasteiger partial charge is 0.341 e. The summed E-state index contributed by atoms with van der Waals surface area (Å²) < 4.78 is 1.22. The van der Waals surface area contributed by atoms with Crippen LogP contribution in [0.2, 0.25) is 0 Å². The molecular weight excluding hydrogens is 204 g/mol. The standard InChI is InChI=1S/C8H12N2OS2/c1-6(11)10-4-7(5-10)13-8-9-2-3-12-8/h7H,2-5H2,1H3. The first-order chi connectivity index (χ1) is 6.25. The molecule has 2 aliphatic rings. The molecule has 2 aliphatic heterocycles. The van der Waals surface area contributed by atoms with Gasteiger partial charge in [0.15, 0.2) is 0 Å². The van der Waals surface area contributed by atoms with Crippen molar-refractivity contribution in [3.63, 3.8) is 0 Å². The predicted molar refractivity (Wildman–Crippen MR) is 58.4 cm³/mol. The molecule has 1 amide bonds. The van der Waals surface area contributed by atoms with Gasteiger partial charge < -0.3 is 4.90 Å². The van der Waals surface area contributed by atoms with Crippen molar-refractivity contribution in [2.24, 2.45) is 4.99 Å². The Morgan fingerprint density at radius 3 is 3.00 bits per heavy atom. The Labute approximate surface area is 86.3 Å². The molecule has 0 atom stereocenters. The van der Waals surface area contributed by atoms with Gasteiger partial charge in [0.05, 0.1) is 6.54 Å². The fraction of sp³-hybridized carbons (Fsp3) is 0.750. The summed E-state index contributed by atoms with van der Waals surface area (Å²) >= 11 is 3.67. The van der Waals surface area contributed by atoms with Gasteiger partial charge >= 0.3 is 0 Å².